The zero-order valence-electron chi connectivity index (χ0n) is 19.3. The van der Waals surface area contributed by atoms with Crippen molar-refractivity contribution in [2.24, 2.45) is 5.10 Å². The fourth-order valence-electron chi connectivity index (χ4n) is 3.72. The summed E-state index contributed by atoms with van der Waals surface area (Å²) in [4.78, 5) is 37.6. The molecule has 1 N–H and O–H groups in total. The lowest BCUT2D eigenvalue weighted by molar-refractivity contribution is -0.121. The number of carbonyl (C=O) groups excluding carboxylic acids is 2. The normalized spacial score (nSPS) is 11.1. The molecule has 0 bridgehead atoms. The molecule has 0 saturated heterocycles. The lowest BCUT2D eigenvalue weighted by Gasteiger charge is -2.16. The van der Waals surface area contributed by atoms with Gasteiger partial charge in [0.1, 0.15) is 5.15 Å². The quantitative estimate of drug-likeness (QED) is 0.208. The van der Waals surface area contributed by atoms with Gasteiger partial charge in [-0.2, -0.15) is 5.10 Å². The Morgan fingerprint density at radius 2 is 1.67 bits per heavy atom. The summed E-state index contributed by atoms with van der Waals surface area (Å²) < 4.78 is 6.12. The number of rotatable bonds is 8. The van der Waals surface area contributed by atoms with Gasteiger partial charge in [0.2, 0.25) is 0 Å². The van der Waals surface area contributed by atoms with Gasteiger partial charge in [-0.15, -0.1) is 0 Å². The van der Waals surface area contributed by atoms with Gasteiger partial charge < -0.3 is 4.74 Å². The van der Waals surface area contributed by atoms with Gasteiger partial charge in [0, 0.05) is 0 Å². The molecule has 0 aliphatic rings. The van der Waals surface area contributed by atoms with E-state index >= 15 is 0 Å². The minimum Gasteiger partial charge on any atom is -0.465 e. The number of ether oxygens (including phenoxy) is 1. The Morgan fingerprint density at radius 1 is 1.03 bits per heavy atom. The predicted octanol–water partition coefficient (Wildman–Crippen LogP) is 4.68. The van der Waals surface area contributed by atoms with E-state index < -0.39 is 11.9 Å². The van der Waals surface area contributed by atoms with Gasteiger partial charge in [0.15, 0.2) is 0 Å². The van der Waals surface area contributed by atoms with Crippen molar-refractivity contribution in [3.8, 4) is 0 Å². The number of halogens is 1. The molecule has 1 amide bonds. The van der Waals surface area contributed by atoms with Crippen LogP contribution in [-0.4, -0.2) is 29.8 Å². The highest BCUT2D eigenvalue weighted by molar-refractivity contribution is 7.11. The van der Waals surface area contributed by atoms with E-state index in [9.17, 15) is 14.4 Å². The molecule has 0 fully saturated rings. The highest BCUT2D eigenvalue weighted by Crippen LogP contribution is 2.25. The molecule has 0 atom stereocenters. The molecule has 4 aromatic rings. The molecule has 0 aliphatic carbocycles. The Labute approximate surface area is 216 Å². The first-order valence-electron chi connectivity index (χ1n) is 11.0. The van der Waals surface area contributed by atoms with Crippen LogP contribution >= 0.6 is 22.9 Å². The number of methoxy groups -OCH3 is 1. The summed E-state index contributed by atoms with van der Waals surface area (Å²) >= 11 is 7.37. The summed E-state index contributed by atoms with van der Waals surface area (Å²) in [6.45, 7) is 0.170. The minimum atomic E-state index is -0.551. The van der Waals surface area contributed by atoms with Crippen LogP contribution in [0.15, 0.2) is 94.8 Å². The van der Waals surface area contributed by atoms with Gasteiger partial charge >= 0.3 is 10.8 Å². The molecule has 36 heavy (non-hydrogen) atoms. The number of hydrazone groups is 1. The molecule has 0 unspecified atom stereocenters. The van der Waals surface area contributed by atoms with Gasteiger partial charge in [-0.05, 0) is 28.8 Å². The molecule has 0 saturated carbocycles. The predicted molar refractivity (Wildman–Crippen MR) is 141 cm³/mol. The maximum absolute atomic E-state index is 13.1. The summed E-state index contributed by atoms with van der Waals surface area (Å²) in [5.41, 5.74) is 5.33. The van der Waals surface area contributed by atoms with E-state index in [2.05, 4.69) is 10.5 Å². The summed E-state index contributed by atoms with van der Waals surface area (Å²) in [5, 5.41) is 4.26. The second-order valence-electron chi connectivity index (χ2n) is 7.79. The Kier molecular flexibility index (Phi) is 8.10. The lowest BCUT2D eigenvalue weighted by atomic mass is 9.91. The average Bonchev–Trinajstić information content (AvgIpc) is 3.17. The van der Waals surface area contributed by atoms with Crippen molar-refractivity contribution in [2.75, 3.05) is 7.11 Å². The molecule has 182 valence electrons. The number of esters is 1. The van der Waals surface area contributed by atoms with E-state index in [1.54, 1.807) is 24.3 Å². The van der Waals surface area contributed by atoms with Crippen LogP contribution in [0.25, 0.3) is 0 Å². The van der Waals surface area contributed by atoms with Crippen LogP contribution in [-0.2, 0) is 16.1 Å². The number of carbonyl (C=O) groups is 2. The van der Waals surface area contributed by atoms with Crippen LogP contribution in [0.5, 0.6) is 0 Å². The fourth-order valence-corrected chi connectivity index (χ4v) is 4.83. The highest BCUT2D eigenvalue weighted by atomic mass is 35.5. The van der Waals surface area contributed by atoms with Gasteiger partial charge in [-0.25, -0.2) is 10.2 Å². The first kappa shape index (κ1) is 25.1. The average molecular weight is 520 g/mol. The molecule has 3 aromatic carbocycles. The summed E-state index contributed by atoms with van der Waals surface area (Å²) in [7, 11) is 1.31. The van der Waals surface area contributed by atoms with E-state index in [0.29, 0.717) is 16.0 Å². The van der Waals surface area contributed by atoms with Crippen molar-refractivity contribution in [1.82, 2.24) is 9.99 Å². The fraction of sp³-hybridized carbons (Fsp3) is 0.111. The molecule has 7 nitrogen and oxygen atoms in total. The van der Waals surface area contributed by atoms with E-state index in [1.165, 1.54) is 17.9 Å². The SMILES string of the molecule is COC(=O)c1cccc(Cn2c(Cl)c(C=NNC(=O)C(c3ccccc3)c3ccccc3)sc2=O)c1. The Morgan fingerprint density at radius 3 is 2.28 bits per heavy atom. The van der Waals surface area contributed by atoms with E-state index in [0.717, 1.165) is 22.5 Å². The van der Waals surface area contributed by atoms with Crippen LogP contribution in [0.3, 0.4) is 0 Å². The number of thiazole rings is 1. The third-order valence-electron chi connectivity index (χ3n) is 5.43. The van der Waals surface area contributed by atoms with Crippen molar-refractivity contribution in [1.29, 1.82) is 0 Å². The molecule has 0 radical (unpaired) electrons. The zero-order chi connectivity index (χ0) is 25.5. The molecule has 1 heterocycles. The minimum absolute atomic E-state index is 0.170. The van der Waals surface area contributed by atoms with Crippen LogP contribution < -0.4 is 10.3 Å². The summed E-state index contributed by atoms with van der Waals surface area (Å²) in [6.07, 6.45) is 1.36. The van der Waals surface area contributed by atoms with Crippen LogP contribution in [0.2, 0.25) is 5.15 Å². The summed E-state index contributed by atoms with van der Waals surface area (Å²) in [6, 6.07) is 25.6. The molecule has 9 heteroatoms. The van der Waals surface area contributed by atoms with Crippen molar-refractivity contribution in [2.45, 2.75) is 12.5 Å². The molecular weight excluding hydrogens is 498 g/mol. The summed E-state index contributed by atoms with van der Waals surface area (Å²) in [5.74, 6) is -1.33. The number of hydrogen-bond donors (Lipinski definition) is 1. The van der Waals surface area contributed by atoms with Gasteiger partial charge in [0.25, 0.3) is 5.91 Å². The maximum Gasteiger partial charge on any atom is 0.337 e. The van der Waals surface area contributed by atoms with Gasteiger partial charge in [-0.1, -0.05) is 95.7 Å². The van der Waals surface area contributed by atoms with Crippen molar-refractivity contribution in [3.63, 3.8) is 0 Å². The smallest absolute Gasteiger partial charge is 0.337 e. The molecule has 1 aromatic heterocycles. The number of benzene rings is 3. The van der Waals surface area contributed by atoms with Crippen molar-refractivity contribution < 1.29 is 14.3 Å². The number of hydrogen-bond acceptors (Lipinski definition) is 6. The van der Waals surface area contributed by atoms with Gasteiger partial charge in [0.05, 0.1) is 36.2 Å². The number of nitrogens with zero attached hydrogens (tertiary/aromatic N) is 2. The second-order valence-corrected chi connectivity index (χ2v) is 9.14. The lowest BCUT2D eigenvalue weighted by Crippen LogP contribution is -2.26. The monoisotopic (exact) mass is 519 g/mol. The largest absolute Gasteiger partial charge is 0.465 e. The van der Waals surface area contributed by atoms with E-state index in [1.807, 2.05) is 60.7 Å². The Bertz CT molecular complexity index is 1410. The number of aromatic nitrogens is 1. The third-order valence-corrected chi connectivity index (χ3v) is 6.86. The van der Waals surface area contributed by atoms with Crippen LogP contribution in [0, 0.1) is 0 Å². The molecule has 4 rings (SSSR count). The topological polar surface area (TPSA) is 89.8 Å². The highest BCUT2D eigenvalue weighted by Gasteiger charge is 2.22. The van der Waals surface area contributed by atoms with Crippen molar-refractivity contribution >= 4 is 41.0 Å². The van der Waals surface area contributed by atoms with Crippen LogP contribution in [0.1, 0.15) is 37.8 Å². The molecule has 0 aliphatic heterocycles. The maximum atomic E-state index is 13.1. The number of nitrogens with one attached hydrogen (secondary N) is 1. The van der Waals surface area contributed by atoms with Gasteiger partial charge in [-0.3, -0.25) is 14.2 Å². The van der Waals surface area contributed by atoms with Crippen molar-refractivity contribution in [3.05, 3.63) is 127 Å². The molecule has 0 spiro atoms. The molecular formula is C27H22ClN3O4S. The first-order chi connectivity index (χ1) is 17.5. The van der Waals surface area contributed by atoms with E-state index in [-0.39, 0.29) is 22.5 Å². The standard InChI is InChI=1S/C27H22ClN3O4S/c1-35-26(33)21-14-8-9-18(15-21)17-31-24(28)22(36-27(31)34)16-29-30-25(32)23(19-10-4-2-5-11-19)20-12-6-3-7-13-20/h2-16,23H,17H2,1H3,(H,30,32). The Balaban J connectivity index is 1.51. The first-order valence-corrected chi connectivity index (χ1v) is 12.2. The zero-order valence-corrected chi connectivity index (χ0v) is 20.8. The third kappa shape index (κ3) is 5.79. The van der Waals surface area contributed by atoms with Crippen LogP contribution in [0.4, 0.5) is 0 Å². The Hall–Kier alpha value is -4.01. The van der Waals surface area contributed by atoms with E-state index in [4.69, 9.17) is 16.3 Å². The second kappa shape index (κ2) is 11.6. The number of amides is 1.